The maximum atomic E-state index is 13.2. The third kappa shape index (κ3) is 3.25. The molecule has 0 aliphatic rings. The number of carbonyl (C=O) groups excluding carboxylic acids is 1. The molecule has 0 radical (unpaired) electrons. The molecule has 0 saturated carbocycles. The van der Waals surface area contributed by atoms with Gasteiger partial charge in [0, 0.05) is 5.69 Å². The van der Waals surface area contributed by atoms with Crippen LogP contribution in [0.5, 0.6) is 0 Å². The Morgan fingerprint density at radius 3 is 2.62 bits per heavy atom. The summed E-state index contributed by atoms with van der Waals surface area (Å²) >= 11 is 1.25. The lowest BCUT2D eigenvalue weighted by Crippen LogP contribution is -2.29. The number of benzene rings is 1. The van der Waals surface area contributed by atoms with Gasteiger partial charge in [0.25, 0.3) is 5.56 Å². The zero-order chi connectivity index (χ0) is 22.4. The average molecular weight is 449 g/mol. The van der Waals surface area contributed by atoms with Crippen molar-refractivity contribution >= 4 is 38.9 Å². The van der Waals surface area contributed by atoms with Crippen LogP contribution in [0.1, 0.15) is 16.9 Å². The van der Waals surface area contributed by atoms with E-state index in [0.717, 1.165) is 15.8 Å². The van der Waals surface area contributed by atoms with Crippen molar-refractivity contribution in [1.82, 2.24) is 18.7 Å². The van der Waals surface area contributed by atoms with Crippen LogP contribution in [0, 0.1) is 13.8 Å². The van der Waals surface area contributed by atoms with Crippen LogP contribution in [0.15, 0.2) is 62.0 Å². The normalized spacial score (nSPS) is 11.4. The third-order valence-corrected chi connectivity index (χ3v) is 6.21. The molecule has 0 fully saturated rings. The minimum absolute atomic E-state index is 0.119. The standard InChI is InChI=1S/C22H19N5O4S/c1-13-5-3-6-14(2)18(13)23-17(28)12-26-22(30)27-16-8-10-32-19(16)20(29)25(21(27)24-26)11-15-7-4-9-31-15/h3-10H,11-12H2,1-2H3,(H,23,28). The Morgan fingerprint density at radius 1 is 1.12 bits per heavy atom. The minimum atomic E-state index is -0.492. The van der Waals surface area contributed by atoms with Gasteiger partial charge >= 0.3 is 5.69 Å². The molecule has 0 aliphatic carbocycles. The van der Waals surface area contributed by atoms with Crippen molar-refractivity contribution in [2.75, 3.05) is 5.32 Å². The second kappa shape index (κ2) is 7.65. The van der Waals surface area contributed by atoms with Gasteiger partial charge in [-0.05, 0) is 48.6 Å². The first-order valence-electron chi connectivity index (χ1n) is 9.92. The van der Waals surface area contributed by atoms with Crippen LogP contribution >= 0.6 is 11.3 Å². The van der Waals surface area contributed by atoms with E-state index in [1.54, 1.807) is 23.6 Å². The number of aromatic nitrogens is 4. The van der Waals surface area contributed by atoms with Gasteiger partial charge < -0.3 is 9.73 Å². The number of hydrogen-bond acceptors (Lipinski definition) is 6. The van der Waals surface area contributed by atoms with Gasteiger partial charge in [-0.3, -0.25) is 14.2 Å². The van der Waals surface area contributed by atoms with Crippen molar-refractivity contribution in [3.05, 3.63) is 85.8 Å². The number of furan rings is 1. The summed E-state index contributed by atoms with van der Waals surface area (Å²) in [5, 5.41) is 8.96. The van der Waals surface area contributed by atoms with Gasteiger partial charge in [0.05, 0.1) is 18.3 Å². The van der Waals surface area contributed by atoms with Gasteiger partial charge in [-0.25, -0.2) is 13.9 Å². The lowest BCUT2D eigenvalue weighted by atomic mass is 10.1. The summed E-state index contributed by atoms with van der Waals surface area (Å²) in [5.41, 5.74) is 2.27. The molecule has 5 rings (SSSR count). The highest BCUT2D eigenvalue weighted by molar-refractivity contribution is 7.17. The fourth-order valence-corrected chi connectivity index (χ4v) is 4.59. The fraction of sp³-hybridized carbons (Fsp3) is 0.182. The molecule has 1 amide bonds. The van der Waals surface area contributed by atoms with Gasteiger partial charge in [-0.1, -0.05) is 18.2 Å². The Morgan fingerprint density at radius 2 is 1.91 bits per heavy atom. The maximum absolute atomic E-state index is 13.2. The largest absolute Gasteiger partial charge is 0.467 e. The molecule has 10 heteroatoms. The highest BCUT2D eigenvalue weighted by atomic mass is 32.1. The van der Waals surface area contributed by atoms with E-state index in [9.17, 15) is 14.4 Å². The molecule has 0 unspecified atom stereocenters. The first kappa shape index (κ1) is 20.0. The van der Waals surface area contributed by atoms with Crippen LogP contribution in [0.4, 0.5) is 5.69 Å². The number of aryl methyl sites for hydroxylation is 2. The summed E-state index contributed by atoms with van der Waals surface area (Å²) in [6, 6.07) is 10.9. The zero-order valence-electron chi connectivity index (χ0n) is 17.4. The Hall–Kier alpha value is -3.92. The summed E-state index contributed by atoms with van der Waals surface area (Å²) < 4.78 is 9.65. The van der Waals surface area contributed by atoms with E-state index in [-0.39, 0.29) is 30.3 Å². The highest BCUT2D eigenvalue weighted by Crippen LogP contribution is 2.20. The molecule has 0 aliphatic heterocycles. The molecule has 1 aromatic carbocycles. The number of amides is 1. The van der Waals surface area contributed by atoms with Crippen molar-refractivity contribution in [1.29, 1.82) is 0 Å². The van der Waals surface area contributed by atoms with E-state index in [4.69, 9.17) is 4.42 Å². The summed E-state index contributed by atoms with van der Waals surface area (Å²) in [4.78, 5) is 39.0. The highest BCUT2D eigenvalue weighted by Gasteiger charge is 2.20. The third-order valence-electron chi connectivity index (χ3n) is 5.32. The summed E-state index contributed by atoms with van der Waals surface area (Å²) in [6.07, 6.45) is 1.52. The lowest BCUT2D eigenvalue weighted by Gasteiger charge is -2.10. The smallest absolute Gasteiger partial charge is 0.352 e. The molecule has 4 heterocycles. The molecule has 0 spiro atoms. The van der Waals surface area contributed by atoms with Crippen LogP contribution in [0.25, 0.3) is 16.0 Å². The molecule has 4 aromatic heterocycles. The number of fused-ring (bicyclic) bond motifs is 3. The first-order chi connectivity index (χ1) is 15.4. The molecular formula is C22H19N5O4S. The quantitative estimate of drug-likeness (QED) is 0.444. The average Bonchev–Trinajstić information content (AvgIpc) is 3.50. The number of rotatable bonds is 5. The van der Waals surface area contributed by atoms with Gasteiger partial charge in [-0.15, -0.1) is 16.4 Å². The van der Waals surface area contributed by atoms with E-state index in [0.29, 0.717) is 21.7 Å². The topological polar surface area (TPSA) is 104 Å². The molecular weight excluding hydrogens is 430 g/mol. The van der Waals surface area contributed by atoms with Crippen LogP contribution < -0.4 is 16.6 Å². The van der Waals surface area contributed by atoms with Gasteiger partial charge in [0.1, 0.15) is 17.0 Å². The predicted octanol–water partition coefficient (Wildman–Crippen LogP) is 2.77. The summed E-state index contributed by atoms with van der Waals surface area (Å²) in [7, 11) is 0. The Bertz CT molecular complexity index is 1570. The second-order valence-corrected chi connectivity index (χ2v) is 8.41. The van der Waals surface area contributed by atoms with Gasteiger partial charge in [-0.2, -0.15) is 0 Å². The molecule has 32 heavy (non-hydrogen) atoms. The molecule has 162 valence electrons. The van der Waals surface area contributed by atoms with Crippen LogP contribution in [-0.2, 0) is 17.9 Å². The monoisotopic (exact) mass is 449 g/mol. The second-order valence-electron chi connectivity index (χ2n) is 7.50. The van der Waals surface area contributed by atoms with Crippen molar-refractivity contribution in [2.45, 2.75) is 26.9 Å². The minimum Gasteiger partial charge on any atom is -0.467 e. The molecule has 0 saturated heterocycles. The van der Waals surface area contributed by atoms with E-state index in [1.165, 1.54) is 26.6 Å². The number of para-hydroxylation sites is 1. The van der Waals surface area contributed by atoms with Crippen molar-refractivity contribution < 1.29 is 9.21 Å². The summed E-state index contributed by atoms with van der Waals surface area (Å²) in [6.45, 7) is 3.64. The number of nitrogens with one attached hydrogen (secondary N) is 1. The van der Waals surface area contributed by atoms with Crippen molar-refractivity contribution in [2.24, 2.45) is 0 Å². The Balaban J connectivity index is 1.59. The van der Waals surface area contributed by atoms with E-state index >= 15 is 0 Å². The van der Waals surface area contributed by atoms with Crippen LogP contribution in [0.3, 0.4) is 0 Å². The number of hydrogen-bond donors (Lipinski definition) is 1. The lowest BCUT2D eigenvalue weighted by molar-refractivity contribution is -0.117. The zero-order valence-corrected chi connectivity index (χ0v) is 18.2. The Kier molecular flexibility index (Phi) is 4.78. The fourth-order valence-electron chi connectivity index (χ4n) is 3.76. The number of thiophene rings is 1. The number of anilines is 1. The molecule has 0 bridgehead atoms. The van der Waals surface area contributed by atoms with E-state index in [2.05, 4.69) is 10.4 Å². The first-order valence-corrected chi connectivity index (χ1v) is 10.8. The van der Waals surface area contributed by atoms with Gasteiger partial charge in [0.2, 0.25) is 11.7 Å². The molecule has 9 nitrogen and oxygen atoms in total. The molecule has 5 aromatic rings. The van der Waals surface area contributed by atoms with Crippen LogP contribution in [0.2, 0.25) is 0 Å². The Labute approximate surface area is 185 Å². The van der Waals surface area contributed by atoms with E-state index in [1.807, 2.05) is 32.0 Å². The SMILES string of the molecule is Cc1cccc(C)c1NC(=O)Cn1nc2n(Cc3ccco3)c(=O)c3sccc3n2c1=O. The van der Waals surface area contributed by atoms with Crippen molar-refractivity contribution in [3.63, 3.8) is 0 Å². The van der Waals surface area contributed by atoms with Gasteiger partial charge in [0.15, 0.2) is 0 Å². The maximum Gasteiger partial charge on any atom is 0.352 e. The predicted molar refractivity (Wildman–Crippen MR) is 121 cm³/mol. The molecule has 0 atom stereocenters. The number of carbonyl (C=O) groups is 1. The van der Waals surface area contributed by atoms with Crippen LogP contribution in [-0.4, -0.2) is 24.7 Å². The molecule has 1 N–H and O–H groups in total. The van der Waals surface area contributed by atoms with Crippen molar-refractivity contribution in [3.8, 4) is 0 Å². The van der Waals surface area contributed by atoms with E-state index < -0.39 is 5.69 Å². The summed E-state index contributed by atoms with van der Waals surface area (Å²) in [5.74, 6) is 0.330. The number of nitrogens with zero attached hydrogens (tertiary/aromatic N) is 4.